The van der Waals surface area contributed by atoms with E-state index in [9.17, 15) is 9.59 Å². The normalized spacial score (nSPS) is 17.5. The summed E-state index contributed by atoms with van der Waals surface area (Å²) in [6.07, 6.45) is 0. The molecule has 1 saturated heterocycles. The Kier molecular flexibility index (Phi) is 4.64. The molecule has 1 rings (SSSR count). The minimum atomic E-state index is -0.558. The Labute approximate surface area is 86.5 Å². The van der Waals surface area contributed by atoms with E-state index in [0.29, 0.717) is 26.3 Å². The van der Waals surface area contributed by atoms with Crippen LogP contribution >= 0.6 is 11.6 Å². The maximum absolute atomic E-state index is 11.1. The molecule has 0 radical (unpaired) electrons. The molecule has 7 heteroatoms. The van der Waals surface area contributed by atoms with Crippen LogP contribution < -0.4 is 10.7 Å². The van der Waals surface area contributed by atoms with Gasteiger partial charge in [0.1, 0.15) is 5.88 Å². The molecule has 1 aliphatic heterocycles. The van der Waals surface area contributed by atoms with Gasteiger partial charge in [0.2, 0.25) is 5.91 Å². The fraction of sp³-hybridized carbons (Fsp3) is 0.714. The fourth-order valence-electron chi connectivity index (χ4n) is 1.01. The summed E-state index contributed by atoms with van der Waals surface area (Å²) in [6.45, 7) is 2.37. The van der Waals surface area contributed by atoms with Crippen molar-refractivity contribution in [1.82, 2.24) is 15.8 Å². The third-order valence-electron chi connectivity index (χ3n) is 1.65. The van der Waals surface area contributed by atoms with Crippen molar-refractivity contribution in [2.75, 3.05) is 32.2 Å². The number of urea groups is 1. The van der Waals surface area contributed by atoms with E-state index in [0.717, 1.165) is 0 Å². The van der Waals surface area contributed by atoms with E-state index in [1.807, 2.05) is 0 Å². The number of morpholine rings is 1. The van der Waals surface area contributed by atoms with Gasteiger partial charge in [-0.05, 0) is 0 Å². The van der Waals surface area contributed by atoms with Crippen molar-refractivity contribution in [3.8, 4) is 0 Å². The van der Waals surface area contributed by atoms with Crippen molar-refractivity contribution < 1.29 is 14.3 Å². The van der Waals surface area contributed by atoms with Crippen molar-refractivity contribution in [2.45, 2.75) is 0 Å². The molecule has 0 aromatic carbocycles. The number of carbonyl (C=O) groups excluding carboxylic acids is 2. The predicted octanol–water partition coefficient (Wildman–Crippen LogP) is -0.702. The Bertz CT molecular complexity index is 218. The van der Waals surface area contributed by atoms with Crippen LogP contribution in [-0.2, 0) is 9.53 Å². The first-order valence-corrected chi connectivity index (χ1v) is 4.75. The third kappa shape index (κ3) is 3.91. The number of halogens is 1. The number of hydrazine groups is 1. The van der Waals surface area contributed by atoms with E-state index in [1.54, 1.807) is 5.01 Å². The molecule has 1 fully saturated rings. The molecule has 0 aromatic rings. The molecule has 1 heterocycles. The van der Waals surface area contributed by atoms with Crippen LogP contribution in [0, 0.1) is 0 Å². The van der Waals surface area contributed by atoms with Gasteiger partial charge in [-0.1, -0.05) is 0 Å². The Morgan fingerprint density at radius 2 is 2.00 bits per heavy atom. The molecule has 0 aromatic heterocycles. The lowest BCUT2D eigenvalue weighted by atomic mass is 10.5. The van der Waals surface area contributed by atoms with E-state index in [1.165, 1.54) is 0 Å². The number of nitrogens with zero attached hydrogens (tertiary/aromatic N) is 1. The van der Waals surface area contributed by atoms with Crippen LogP contribution in [0.1, 0.15) is 0 Å². The first-order valence-electron chi connectivity index (χ1n) is 4.21. The van der Waals surface area contributed by atoms with Crippen LogP contribution in [0.5, 0.6) is 0 Å². The molecule has 0 spiro atoms. The zero-order chi connectivity index (χ0) is 10.4. The average molecular weight is 222 g/mol. The summed E-state index contributed by atoms with van der Waals surface area (Å²) >= 11 is 5.21. The quantitative estimate of drug-likeness (QED) is 0.605. The molecule has 0 bridgehead atoms. The first-order chi connectivity index (χ1) is 6.72. The first kappa shape index (κ1) is 11.2. The van der Waals surface area contributed by atoms with Gasteiger partial charge in [0.15, 0.2) is 0 Å². The maximum atomic E-state index is 11.1. The zero-order valence-electron chi connectivity index (χ0n) is 7.59. The molecule has 6 nitrogen and oxygen atoms in total. The average Bonchev–Trinajstić information content (AvgIpc) is 2.19. The van der Waals surface area contributed by atoms with Gasteiger partial charge in [0.05, 0.1) is 13.2 Å². The Hall–Kier alpha value is -0.850. The van der Waals surface area contributed by atoms with Gasteiger partial charge in [-0.3, -0.25) is 15.5 Å². The summed E-state index contributed by atoms with van der Waals surface area (Å²) in [6, 6.07) is -0.558. The molecule has 0 aliphatic carbocycles. The van der Waals surface area contributed by atoms with Crippen molar-refractivity contribution in [2.24, 2.45) is 0 Å². The fourth-order valence-corrected chi connectivity index (χ4v) is 1.07. The molecule has 2 N–H and O–H groups in total. The molecule has 1 aliphatic rings. The largest absolute Gasteiger partial charge is 0.379 e. The number of rotatable bonds is 2. The Morgan fingerprint density at radius 1 is 1.36 bits per heavy atom. The molecule has 3 amide bonds. The number of hydrogen-bond donors (Lipinski definition) is 2. The van der Waals surface area contributed by atoms with Crippen molar-refractivity contribution in [3.05, 3.63) is 0 Å². The molecule has 80 valence electrons. The van der Waals surface area contributed by atoms with Crippen molar-refractivity contribution in [3.63, 3.8) is 0 Å². The lowest BCUT2D eigenvalue weighted by Gasteiger charge is -2.26. The SMILES string of the molecule is O=C(CCl)NC(=O)NN1CCOCC1. The van der Waals surface area contributed by atoms with Crippen LogP contribution in [0.15, 0.2) is 0 Å². The van der Waals surface area contributed by atoms with Crippen LogP contribution in [0.25, 0.3) is 0 Å². The molecular formula is C7H12ClN3O3. The van der Waals surface area contributed by atoms with Gasteiger partial charge < -0.3 is 4.74 Å². The second-order valence-electron chi connectivity index (χ2n) is 2.72. The molecule has 0 atom stereocenters. The van der Waals surface area contributed by atoms with Crippen molar-refractivity contribution >= 4 is 23.5 Å². The molecule has 0 saturated carbocycles. The summed E-state index contributed by atoms with van der Waals surface area (Å²) in [5, 5.41) is 3.75. The van der Waals surface area contributed by atoms with Gasteiger partial charge in [0.25, 0.3) is 0 Å². The third-order valence-corrected chi connectivity index (χ3v) is 1.89. The lowest BCUT2D eigenvalue weighted by molar-refractivity contribution is -0.117. The number of amides is 3. The molecule has 14 heavy (non-hydrogen) atoms. The summed E-state index contributed by atoms with van der Waals surface area (Å²) in [5.74, 6) is -0.742. The summed E-state index contributed by atoms with van der Waals surface area (Å²) in [7, 11) is 0. The minimum absolute atomic E-state index is 0.226. The summed E-state index contributed by atoms with van der Waals surface area (Å²) in [4.78, 5) is 21.8. The highest BCUT2D eigenvalue weighted by Gasteiger charge is 2.13. The van der Waals surface area contributed by atoms with Gasteiger partial charge in [-0.2, -0.15) is 0 Å². The number of hydrogen-bond acceptors (Lipinski definition) is 4. The van der Waals surface area contributed by atoms with E-state index >= 15 is 0 Å². The molecule has 0 unspecified atom stereocenters. The lowest BCUT2D eigenvalue weighted by Crippen LogP contribution is -2.52. The van der Waals surface area contributed by atoms with E-state index in [4.69, 9.17) is 16.3 Å². The number of ether oxygens (including phenoxy) is 1. The number of alkyl halides is 1. The Balaban J connectivity index is 2.21. The van der Waals surface area contributed by atoms with Crippen LogP contribution in [0.2, 0.25) is 0 Å². The summed E-state index contributed by atoms with van der Waals surface area (Å²) in [5.41, 5.74) is 2.51. The number of nitrogens with one attached hydrogen (secondary N) is 2. The standard InChI is InChI=1S/C7H12ClN3O3/c8-5-6(12)9-7(13)10-11-1-3-14-4-2-11/h1-5H2,(H2,9,10,12,13). The van der Waals surface area contributed by atoms with E-state index in [-0.39, 0.29) is 5.88 Å². The monoisotopic (exact) mass is 221 g/mol. The minimum Gasteiger partial charge on any atom is -0.379 e. The van der Waals surface area contributed by atoms with Crippen molar-refractivity contribution in [1.29, 1.82) is 0 Å². The number of imide groups is 1. The Morgan fingerprint density at radius 3 is 2.57 bits per heavy atom. The highest BCUT2D eigenvalue weighted by atomic mass is 35.5. The smallest absolute Gasteiger partial charge is 0.335 e. The van der Waals surface area contributed by atoms with Crippen LogP contribution in [0.3, 0.4) is 0 Å². The molecular weight excluding hydrogens is 210 g/mol. The summed E-state index contributed by atoms with van der Waals surface area (Å²) < 4.78 is 5.08. The van der Waals surface area contributed by atoms with E-state index < -0.39 is 11.9 Å². The van der Waals surface area contributed by atoms with Gasteiger partial charge in [0, 0.05) is 13.1 Å². The van der Waals surface area contributed by atoms with E-state index in [2.05, 4.69) is 10.7 Å². The number of carbonyl (C=O) groups is 2. The predicted molar refractivity (Wildman–Crippen MR) is 49.8 cm³/mol. The second kappa shape index (κ2) is 5.79. The highest BCUT2D eigenvalue weighted by Crippen LogP contribution is 1.91. The van der Waals surface area contributed by atoms with Crippen LogP contribution in [-0.4, -0.2) is 49.1 Å². The van der Waals surface area contributed by atoms with Gasteiger partial charge in [-0.25, -0.2) is 9.80 Å². The van der Waals surface area contributed by atoms with Gasteiger partial charge in [-0.15, -0.1) is 11.6 Å². The van der Waals surface area contributed by atoms with Crippen LogP contribution in [0.4, 0.5) is 4.79 Å². The van der Waals surface area contributed by atoms with Gasteiger partial charge >= 0.3 is 6.03 Å². The topological polar surface area (TPSA) is 70.7 Å². The highest BCUT2D eigenvalue weighted by molar-refractivity contribution is 6.28. The second-order valence-corrected chi connectivity index (χ2v) is 2.99. The maximum Gasteiger partial charge on any atom is 0.335 e. The zero-order valence-corrected chi connectivity index (χ0v) is 8.34.